The molecule has 0 atom stereocenters. The number of furan rings is 1. The van der Waals surface area contributed by atoms with Crippen LogP contribution in [0.5, 0.6) is 11.5 Å². The van der Waals surface area contributed by atoms with E-state index in [4.69, 9.17) is 9.15 Å². The number of hydrogen-bond acceptors (Lipinski definition) is 7. The lowest BCUT2D eigenvalue weighted by molar-refractivity contribution is -0.286. The van der Waals surface area contributed by atoms with Crippen molar-refractivity contribution in [1.29, 1.82) is 5.26 Å². The number of hydrogen-bond donors (Lipinski definition) is 0. The Hall–Kier alpha value is -4.72. The molecule has 1 amide bonds. The Balaban J connectivity index is 1.39. The molecular formula is C26H18F2N4O5. The molecule has 0 saturated carbocycles. The lowest BCUT2D eigenvalue weighted by Gasteiger charge is -2.30. The van der Waals surface area contributed by atoms with Crippen LogP contribution in [-0.2, 0) is 17.8 Å². The largest absolute Gasteiger partial charge is 0.586 e. The van der Waals surface area contributed by atoms with Crippen LogP contribution in [0.2, 0.25) is 0 Å². The van der Waals surface area contributed by atoms with Crippen LogP contribution in [0.4, 0.5) is 14.5 Å². The summed E-state index contributed by atoms with van der Waals surface area (Å²) in [6, 6.07) is 11.6. The van der Waals surface area contributed by atoms with Crippen molar-refractivity contribution in [3.63, 3.8) is 0 Å². The van der Waals surface area contributed by atoms with Crippen LogP contribution >= 0.6 is 0 Å². The number of rotatable bonds is 3. The number of amides is 1. The second-order valence-corrected chi connectivity index (χ2v) is 8.88. The van der Waals surface area contributed by atoms with Gasteiger partial charge in [0.1, 0.15) is 12.2 Å². The van der Waals surface area contributed by atoms with Crippen LogP contribution < -0.4 is 19.9 Å². The second-order valence-electron chi connectivity index (χ2n) is 8.88. The molecule has 11 heteroatoms. The summed E-state index contributed by atoms with van der Waals surface area (Å²) in [4.78, 5) is 28.0. The zero-order valence-electron chi connectivity index (χ0n) is 19.5. The number of fused-ring (bicyclic) bond motifs is 4. The molecule has 2 aromatic carbocycles. The topological polar surface area (TPSA) is 111 Å². The average molecular weight is 504 g/mol. The van der Waals surface area contributed by atoms with E-state index in [1.807, 2.05) is 6.92 Å². The summed E-state index contributed by atoms with van der Waals surface area (Å²) in [6.45, 7) is 1.77. The minimum atomic E-state index is -3.77. The van der Waals surface area contributed by atoms with Crippen LogP contribution in [0.1, 0.15) is 23.1 Å². The molecule has 9 nitrogen and oxygen atoms in total. The van der Waals surface area contributed by atoms with Crippen molar-refractivity contribution in [2.75, 3.05) is 11.4 Å². The number of nitrogens with zero attached hydrogens (tertiary/aromatic N) is 4. The highest BCUT2D eigenvalue weighted by Gasteiger charge is 2.45. The summed E-state index contributed by atoms with van der Waals surface area (Å²) in [5.74, 6) is -0.608. The summed E-state index contributed by atoms with van der Waals surface area (Å²) in [6.07, 6.45) is -1.46. The molecule has 0 aliphatic carbocycles. The van der Waals surface area contributed by atoms with E-state index in [-0.39, 0.29) is 22.5 Å². The smallest absolute Gasteiger partial charge is 0.462 e. The lowest BCUT2D eigenvalue weighted by Crippen LogP contribution is -2.40. The number of carbonyl (C=O) groups excluding carboxylic acids is 1. The van der Waals surface area contributed by atoms with E-state index in [1.54, 1.807) is 18.2 Å². The Morgan fingerprint density at radius 3 is 2.86 bits per heavy atom. The molecule has 6 rings (SSSR count). The third-order valence-electron chi connectivity index (χ3n) is 6.38. The first-order valence-electron chi connectivity index (χ1n) is 11.5. The predicted molar refractivity (Wildman–Crippen MR) is 126 cm³/mol. The van der Waals surface area contributed by atoms with Crippen molar-refractivity contribution in [2.45, 2.75) is 32.6 Å². The van der Waals surface area contributed by atoms with Gasteiger partial charge in [0.2, 0.25) is 5.91 Å². The van der Waals surface area contributed by atoms with E-state index < -0.39 is 24.3 Å². The van der Waals surface area contributed by atoms with Gasteiger partial charge >= 0.3 is 6.29 Å². The number of benzene rings is 2. The molecule has 4 heterocycles. The summed E-state index contributed by atoms with van der Waals surface area (Å²) in [7, 11) is 0. The van der Waals surface area contributed by atoms with Crippen LogP contribution in [0.25, 0.3) is 22.2 Å². The van der Waals surface area contributed by atoms with Gasteiger partial charge in [-0.1, -0.05) is 0 Å². The van der Waals surface area contributed by atoms with E-state index in [2.05, 4.69) is 15.9 Å². The molecule has 0 unspecified atom stereocenters. The third kappa shape index (κ3) is 3.78. The fraction of sp³-hybridized carbons (Fsp3) is 0.231. The number of alkyl halides is 2. The molecule has 0 spiro atoms. The molecular weight excluding hydrogens is 486 g/mol. The van der Waals surface area contributed by atoms with Crippen LogP contribution in [-0.4, -0.2) is 28.5 Å². The van der Waals surface area contributed by atoms with E-state index in [0.29, 0.717) is 47.5 Å². The van der Waals surface area contributed by atoms with Crippen LogP contribution in [0, 0.1) is 18.3 Å². The van der Waals surface area contributed by atoms with Gasteiger partial charge in [-0.25, -0.2) is 4.68 Å². The monoisotopic (exact) mass is 504 g/mol. The Morgan fingerprint density at radius 1 is 1.22 bits per heavy atom. The number of anilines is 1. The molecule has 0 radical (unpaired) electrons. The number of aromatic nitrogens is 2. The van der Waals surface area contributed by atoms with E-state index >= 15 is 0 Å². The van der Waals surface area contributed by atoms with E-state index in [1.165, 1.54) is 29.4 Å². The quantitative estimate of drug-likeness (QED) is 0.412. The molecule has 4 aromatic rings. The van der Waals surface area contributed by atoms with Gasteiger partial charge in [0.25, 0.3) is 5.56 Å². The number of carbonyl (C=O) groups is 1. The molecule has 37 heavy (non-hydrogen) atoms. The standard InChI is InChI=1S/C26H18F2N4O5/c1-14-9-15(12-29)11-16(10-14)22-24-18(6-8-35-24)25(34)32(30-22)13-21(33)31-7-2-3-17-19(31)4-5-20-23(17)37-26(27,28)36-20/h4-6,8-11H,2-3,7,13H2,1H3. The first kappa shape index (κ1) is 22.7. The zero-order valence-corrected chi connectivity index (χ0v) is 19.5. The van der Waals surface area contributed by atoms with Gasteiger partial charge in [-0.15, -0.1) is 8.78 Å². The van der Waals surface area contributed by atoms with Crippen LogP contribution in [0.3, 0.4) is 0 Å². The SMILES string of the molecule is Cc1cc(C#N)cc(-c2nn(CC(=O)N3CCCc4c3ccc3c4OC(F)(F)O3)c(=O)c3ccoc23)c1. The molecule has 2 aromatic heterocycles. The summed E-state index contributed by atoms with van der Waals surface area (Å²) in [5, 5.41) is 14.1. The van der Waals surface area contributed by atoms with Gasteiger partial charge < -0.3 is 18.8 Å². The first-order valence-corrected chi connectivity index (χ1v) is 11.5. The van der Waals surface area contributed by atoms with Crippen molar-refractivity contribution in [1.82, 2.24) is 9.78 Å². The number of halogens is 2. The Bertz CT molecular complexity index is 1700. The molecule has 0 bridgehead atoms. The van der Waals surface area contributed by atoms with Gasteiger partial charge in [0.15, 0.2) is 17.1 Å². The fourth-order valence-electron chi connectivity index (χ4n) is 4.85. The van der Waals surface area contributed by atoms with Gasteiger partial charge in [-0.3, -0.25) is 9.59 Å². The maximum atomic E-state index is 13.6. The highest BCUT2D eigenvalue weighted by Crippen LogP contribution is 2.48. The molecule has 0 fully saturated rings. The van der Waals surface area contributed by atoms with E-state index in [9.17, 15) is 23.6 Å². The number of ether oxygens (including phenoxy) is 2. The van der Waals surface area contributed by atoms with Gasteiger partial charge in [-0.05, 0) is 61.7 Å². The van der Waals surface area contributed by atoms with Crippen molar-refractivity contribution < 1.29 is 27.5 Å². The highest BCUT2D eigenvalue weighted by molar-refractivity contribution is 5.96. The molecule has 2 aliphatic heterocycles. The highest BCUT2D eigenvalue weighted by atomic mass is 19.3. The second kappa shape index (κ2) is 8.16. The number of aryl methyl sites for hydroxylation is 1. The predicted octanol–water partition coefficient (Wildman–Crippen LogP) is 4.14. The summed E-state index contributed by atoms with van der Waals surface area (Å²) < 4.78 is 43.1. The summed E-state index contributed by atoms with van der Waals surface area (Å²) in [5.41, 5.74) is 2.72. The van der Waals surface area contributed by atoms with Gasteiger partial charge in [0.05, 0.1) is 29.0 Å². The zero-order chi connectivity index (χ0) is 25.9. The Kier molecular flexibility index (Phi) is 5.01. The molecule has 0 N–H and O–H groups in total. The van der Waals surface area contributed by atoms with Crippen molar-refractivity contribution in [2.24, 2.45) is 0 Å². The lowest BCUT2D eigenvalue weighted by atomic mass is 10.00. The Labute approximate surface area is 208 Å². The van der Waals surface area contributed by atoms with Crippen LogP contribution in [0.15, 0.2) is 51.9 Å². The maximum absolute atomic E-state index is 13.6. The number of nitriles is 1. The normalized spacial score (nSPS) is 15.5. The molecule has 2 aliphatic rings. The minimum absolute atomic E-state index is 0.0786. The maximum Gasteiger partial charge on any atom is 0.586 e. The van der Waals surface area contributed by atoms with Crippen molar-refractivity contribution in [3.05, 3.63) is 69.7 Å². The fourth-order valence-corrected chi connectivity index (χ4v) is 4.85. The molecule has 0 saturated heterocycles. The Morgan fingerprint density at radius 2 is 2.05 bits per heavy atom. The summed E-state index contributed by atoms with van der Waals surface area (Å²) >= 11 is 0. The first-order chi connectivity index (χ1) is 17.7. The van der Waals surface area contributed by atoms with E-state index in [0.717, 1.165) is 10.2 Å². The average Bonchev–Trinajstić information content (AvgIpc) is 3.48. The van der Waals surface area contributed by atoms with Gasteiger partial charge in [0, 0.05) is 17.7 Å². The van der Waals surface area contributed by atoms with Crippen molar-refractivity contribution >= 4 is 22.6 Å². The van der Waals surface area contributed by atoms with Crippen molar-refractivity contribution in [3.8, 4) is 28.8 Å². The third-order valence-corrected chi connectivity index (χ3v) is 6.38. The van der Waals surface area contributed by atoms with Gasteiger partial charge in [-0.2, -0.15) is 10.4 Å². The molecule has 186 valence electrons. The minimum Gasteiger partial charge on any atom is -0.462 e.